The van der Waals surface area contributed by atoms with Crippen LogP contribution in [0.1, 0.15) is 32.6 Å². The van der Waals surface area contributed by atoms with Gasteiger partial charge in [0.2, 0.25) is 0 Å². The molecule has 0 N–H and O–H groups in total. The van der Waals surface area contributed by atoms with Crippen molar-refractivity contribution >= 4 is 17.5 Å². The highest BCUT2D eigenvalue weighted by Crippen LogP contribution is 2.31. The predicted molar refractivity (Wildman–Crippen MR) is 139 cm³/mol. The molecule has 36 heavy (non-hydrogen) atoms. The number of ketones is 1. The molecule has 0 radical (unpaired) electrons. The maximum atomic E-state index is 12.7. The Morgan fingerprint density at radius 1 is 0.806 bits per heavy atom. The summed E-state index contributed by atoms with van der Waals surface area (Å²) in [6.45, 7) is 2.39. The summed E-state index contributed by atoms with van der Waals surface area (Å²) in [5, 5.41) is 11.2. The number of hydrogen-bond acceptors (Lipinski definition) is 5. The minimum absolute atomic E-state index is 0.0780. The fraction of sp³-hybridized carbons (Fsp3) is 0.100. The summed E-state index contributed by atoms with van der Waals surface area (Å²) in [6, 6.07) is 29.6. The number of nitro benzene ring substituents is 1. The van der Waals surface area contributed by atoms with Gasteiger partial charge in [0.15, 0.2) is 17.3 Å². The lowest BCUT2D eigenvalue weighted by Gasteiger charge is -2.14. The summed E-state index contributed by atoms with van der Waals surface area (Å²) in [5.41, 5.74) is 3.47. The number of rotatable bonds is 10. The maximum Gasteiger partial charge on any atom is 0.273 e. The molecule has 0 saturated heterocycles. The van der Waals surface area contributed by atoms with E-state index in [1.54, 1.807) is 25.1 Å². The van der Waals surface area contributed by atoms with Crippen LogP contribution in [0, 0.1) is 17.0 Å². The van der Waals surface area contributed by atoms with Crippen LogP contribution >= 0.6 is 0 Å². The number of hydrogen-bond donors (Lipinski definition) is 0. The van der Waals surface area contributed by atoms with Crippen molar-refractivity contribution in [2.75, 3.05) is 0 Å². The van der Waals surface area contributed by atoms with Gasteiger partial charge in [-0.2, -0.15) is 0 Å². The van der Waals surface area contributed by atoms with Crippen LogP contribution in [0.3, 0.4) is 0 Å². The van der Waals surface area contributed by atoms with Gasteiger partial charge in [0, 0.05) is 17.2 Å². The summed E-state index contributed by atoms with van der Waals surface area (Å²) in [6.07, 6.45) is 3.06. The second-order valence-electron chi connectivity index (χ2n) is 8.21. The van der Waals surface area contributed by atoms with Crippen LogP contribution in [0.25, 0.3) is 6.08 Å². The molecule has 4 aromatic rings. The molecule has 0 aromatic heterocycles. The third-order valence-electron chi connectivity index (χ3n) is 5.56. The molecule has 6 nitrogen and oxygen atoms in total. The normalized spacial score (nSPS) is 10.8. The maximum absolute atomic E-state index is 12.7. The van der Waals surface area contributed by atoms with Gasteiger partial charge in [-0.25, -0.2) is 0 Å². The Labute approximate surface area is 209 Å². The second-order valence-corrected chi connectivity index (χ2v) is 8.21. The standard InChI is InChI=1S/C30H25NO5/c1-22-12-15-26(19-27(22)31(33)34)28(32)16-13-23-14-17-29(35-20-24-8-4-2-5-9-24)30(18-23)36-21-25-10-6-3-7-11-25/h2-19H,20-21H2,1H3. The van der Waals surface area contributed by atoms with Gasteiger partial charge in [0.1, 0.15) is 13.2 Å². The van der Waals surface area contributed by atoms with Gasteiger partial charge < -0.3 is 9.47 Å². The molecule has 4 rings (SSSR count). The third kappa shape index (κ3) is 6.45. The SMILES string of the molecule is Cc1ccc(C(=O)C=Cc2ccc(OCc3ccccc3)c(OCc3ccccc3)c2)cc1[N+](=O)[O-]. The van der Waals surface area contributed by atoms with Gasteiger partial charge in [0.25, 0.3) is 5.69 Å². The molecular formula is C30H25NO5. The second kappa shape index (κ2) is 11.6. The monoisotopic (exact) mass is 479 g/mol. The summed E-state index contributed by atoms with van der Waals surface area (Å²) in [5.74, 6) is 0.817. The van der Waals surface area contributed by atoms with E-state index in [0.717, 1.165) is 16.7 Å². The molecule has 0 heterocycles. The van der Waals surface area contributed by atoms with Gasteiger partial charge in [0.05, 0.1) is 4.92 Å². The lowest BCUT2D eigenvalue weighted by molar-refractivity contribution is -0.385. The Morgan fingerprint density at radius 2 is 1.42 bits per heavy atom. The van der Waals surface area contributed by atoms with E-state index < -0.39 is 4.92 Å². The highest BCUT2D eigenvalue weighted by molar-refractivity contribution is 6.07. The van der Waals surface area contributed by atoms with Crippen LogP contribution in [-0.4, -0.2) is 10.7 Å². The van der Waals surface area contributed by atoms with Gasteiger partial charge in [-0.05, 0) is 41.8 Å². The van der Waals surface area contributed by atoms with Crippen LogP contribution in [0.2, 0.25) is 0 Å². The topological polar surface area (TPSA) is 78.7 Å². The fourth-order valence-electron chi connectivity index (χ4n) is 3.56. The molecule has 0 spiro atoms. The van der Waals surface area contributed by atoms with Gasteiger partial charge in [-0.15, -0.1) is 0 Å². The number of carbonyl (C=O) groups excluding carboxylic acids is 1. The number of allylic oxidation sites excluding steroid dienone is 1. The molecule has 0 atom stereocenters. The Hall–Kier alpha value is -4.71. The summed E-state index contributed by atoms with van der Waals surface area (Å²) in [4.78, 5) is 23.4. The summed E-state index contributed by atoms with van der Waals surface area (Å²) in [7, 11) is 0. The van der Waals surface area contributed by atoms with Crippen molar-refractivity contribution in [3.63, 3.8) is 0 Å². The minimum atomic E-state index is -0.486. The zero-order valence-corrected chi connectivity index (χ0v) is 19.8. The Balaban J connectivity index is 1.54. The first kappa shape index (κ1) is 24.4. The van der Waals surface area contributed by atoms with E-state index in [1.165, 1.54) is 12.1 Å². The van der Waals surface area contributed by atoms with E-state index in [-0.39, 0.29) is 17.0 Å². The first-order valence-corrected chi connectivity index (χ1v) is 11.4. The molecule has 0 aliphatic heterocycles. The zero-order chi connectivity index (χ0) is 25.3. The molecular weight excluding hydrogens is 454 g/mol. The number of carbonyl (C=O) groups is 1. The molecule has 0 amide bonds. The molecule has 4 aromatic carbocycles. The van der Waals surface area contributed by atoms with Crippen molar-refractivity contribution in [3.05, 3.63) is 141 Å². The van der Waals surface area contributed by atoms with Crippen molar-refractivity contribution in [2.45, 2.75) is 20.1 Å². The smallest absolute Gasteiger partial charge is 0.273 e. The number of ether oxygens (including phenoxy) is 2. The molecule has 0 unspecified atom stereocenters. The van der Waals surface area contributed by atoms with Crippen molar-refractivity contribution in [2.24, 2.45) is 0 Å². The van der Waals surface area contributed by atoms with E-state index in [1.807, 2.05) is 78.9 Å². The Kier molecular flexibility index (Phi) is 7.88. The first-order chi connectivity index (χ1) is 17.5. The van der Waals surface area contributed by atoms with Crippen molar-refractivity contribution in [1.29, 1.82) is 0 Å². The number of aryl methyl sites for hydroxylation is 1. The Bertz CT molecular complexity index is 1380. The zero-order valence-electron chi connectivity index (χ0n) is 19.8. The van der Waals surface area contributed by atoms with Gasteiger partial charge >= 0.3 is 0 Å². The summed E-state index contributed by atoms with van der Waals surface area (Å²) >= 11 is 0. The fourth-order valence-corrected chi connectivity index (χ4v) is 3.56. The highest BCUT2D eigenvalue weighted by Gasteiger charge is 2.14. The molecule has 0 aliphatic rings. The van der Waals surface area contributed by atoms with Crippen LogP contribution in [0.15, 0.2) is 103 Å². The van der Waals surface area contributed by atoms with Crippen LogP contribution in [0.4, 0.5) is 5.69 Å². The average Bonchev–Trinajstić information content (AvgIpc) is 2.91. The third-order valence-corrected chi connectivity index (χ3v) is 5.56. The largest absolute Gasteiger partial charge is 0.485 e. The first-order valence-electron chi connectivity index (χ1n) is 11.4. The molecule has 6 heteroatoms. The molecule has 0 bridgehead atoms. The number of nitro groups is 1. The quantitative estimate of drug-likeness (QED) is 0.106. The van der Waals surface area contributed by atoms with Crippen LogP contribution in [-0.2, 0) is 13.2 Å². The molecule has 180 valence electrons. The van der Waals surface area contributed by atoms with Gasteiger partial charge in [-0.1, -0.05) is 84.9 Å². The van der Waals surface area contributed by atoms with E-state index in [2.05, 4.69) is 0 Å². The van der Waals surface area contributed by atoms with E-state index in [9.17, 15) is 14.9 Å². The van der Waals surface area contributed by atoms with E-state index in [0.29, 0.717) is 30.3 Å². The lowest BCUT2D eigenvalue weighted by atomic mass is 10.1. The number of nitrogens with zero attached hydrogens (tertiary/aromatic N) is 1. The lowest BCUT2D eigenvalue weighted by Crippen LogP contribution is -2.01. The predicted octanol–water partition coefficient (Wildman–Crippen LogP) is 6.96. The van der Waals surface area contributed by atoms with Crippen LogP contribution in [0.5, 0.6) is 11.5 Å². The highest BCUT2D eigenvalue weighted by atomic mass is 16.6. The summed E-state index contributed by atoms with van der Waals surface area (Å²) < 4.78 is 12.1. The molecule has 0 fully saturated rings. The Morgan fingerprint density at radius 3 is 2.03 bits per heavy atom. The van der Waals surface area contributed by atoms with Crippen molar-refractivity contribution < 1.29 is 19.2 Å². The minimum Gasteiger partial charge on any atom is -0.485 e. The molecule has 0 saturated carbocycles. The van der Waals surface area contributed by atoms with Gasteiger partial charge in [-0.3, -0.25) is 14.9 Å². The van der Waals surface area contributed by atoms with Crippen molar-refractivity contribution in [3.8, 4) is 11.5 Å². The average molecular weight is 480 g/mol. The van der Waals surface area contributed by atoms with Crippen LogP contribution < -0.4 is 9.47 Å². The van der Waals surface area contributed by atoms with E-state index >= 15 is 0 Å². The molecule has 0 aliphatic carbocycles. The van der Waals surface area contributed by atoms with E-state index in [4.69, 9.17) is 9.47 Å². The number of benzene rings is 4. The van der Waals surface area contributed by atoms with Crippen molar-refractivity contribution in [1.82, 2.24) is 0 Å².